The Bertz CT molecular complexity index is 872. The maximum Gasteiger partial charge on any atom is 0.261 e. The molecule has 4 amide bonds. The van der Waals surface area contributed by atoms with Crippen molar-refractivity contribution >= 4 is 23.6 Å². The quantitative estimate of drug-likeness (QED) is 0.467. The summed E-state index contributed by atoms with van der Waals surface area (Å²) < 4.78 is 4.99. The van der Waals surface area contributed by atoms with Crippen LogP contribution in [0.15, 0.2) is 18.2 Å². The van der Waals surface area contributed by atoms with Gasteiger partial charge in [-0.15, -0.1) is 0 Å². The maximum atomic E-state index is 12.8. The van der Waals surface area contributed by atoms with Gasteiger partial charge in [0.25, 0.3) is 17.7 Å². The summed E-state index contributed by atoms with van der Waals surface area (Å²) in [6.45, 7) is 6.08. The second-order valence-electron chi connectivity index (χ2n) is 8.46. The highest BCUT2D eigenvalue weighted by molar-refractivity contribution is 6.22. The minimum atomic E-state index is -0.371. The lowest BCUT2D eigenvalue weighted by atomic mass is 9.98. The maximum absolute atomic E-state index is 12.8. The van der Waals surface area contributed by atoms with Crippen LogP contribution in [0.25, 0.3) is 0 Å². The van der Waals surface area contributed by atoms with Crippen molar-refractivity contribution in [2.45, 2.75) is 52.0 Å². The van der Waals surface area contributed by atoms with Crippen LogP contribution < -0.4 is 5.32 Å². The van der Waals surface area contributed by atoms with Gasteiger partial charge in [-0.25, -0.2) is 0 Å². The fraction of sp³-hybridized carbons (Fsp3) is 0.583. The Hall–Kier alpha value is -2.74. The molecular formula is C24H33N3O5. The summed E-state index contributed by atoms with van der Waals surface area (Å²) in [4.78, 5) is 53.6. The number of amides is 4. The van der Waals surface area contributed by atoms with E-state index in [1.807, 2.05) is 18.7 Å². The fourth-order valence-corrected chi connectivity index (χ4v) is 4.41. The van der Waals surface area contributed by atoms with Crippen LogP contribution in [0, 0.1) is 5.92 Å². The molecule has 1 N–H and O–H groups in total. The Morgan fingerprint density at radius 1 is 1.09 bits per heavy atom. The van der Waals surface area contributed by atoms with Gasteiger partial charge in [0.05, 0.1) is 11.1 Å². The molecule has 0 radical (unpaired) electrons. The van der Waals surface area contributed by atoms with E-state index in [9.17, 15) is 19.2 Å². The third-order valence-electron chi connectivity index (χ3n) is 6.44. The highest BCUT2D eigenvalue weighted by Gasteiger charge is 2.36. The first-order valence-corrected chi connectivity index (χ1v) is 11.5. The van der Waals surface area contributed by atoms with Crippen molar-refractivity contribution < 1.29 is 23.9 Å². The number of fused-ring (bicyclic) bond motifs is 1. The summed E-state index contributed by atoms with van der Waals surface area (Å²) in [7, 11) is 1.57. The number of ether oxygens (including phenoxy) is 1. The first-order valence-electron chi connectivity index (χ1n) is 11.5. The van der Waals surface area contributed by atoms with Crippen molar-refractivity contribution in [3.05, 3.63) is 34.9 Å². The molecule has 0 saturated carbocycles. The van der Waals surface area contributed by atoms with Gasteiger partial charge < -0.3 is 15.0 Å². The normalized spacial score (nSPS) is 16.6. The molecule has 0 bridgehead atoms. The molecule has 1 saturated heterocycles. The molecule has 0 spiro atoms. The number of methoxy groups -OCH3 is 1. The number of imide groups is 1. The summed E-state index contributed by atoms with van der Waals surface area (Å²) in [5, 5.41) is 3.02. The molecule has 8 heteroatoms. The number of benzene rings is 1. The number of hydrogen-bond donors (Lipinski definition) is 1. The first kappa shape index (κ1) is 23.9. The van der Waals surface area contributed by atoms with Crippen LogP contribution in [-0.2, 0) is 9.53 Å². The lowest BCUT2D eigenvalue weighted by Crippen LogP contribution is -2.48. The molecule has 0 unspecified atom stereocenters. The monoisotopic (exact) mass is 443 g/mol. The van der Waals surface area contributed by atoms with Crippen LogP contribution >= 0.6 is 0 Å². The molecular weight excluding hydrogens is 410 g/mol. The number of nitrogens with zero attached hydrogens (tertiary/aromatic N) is 2. The molecule has 174 valence electrons. The predicted octanol–water partition coefficient (Wildman–Crippen LogP) is 2.48. The first-order chi connectivity index (χ1) is 15.4. The third-order valence-corrected chi connectivity index (χ3v) is 6.44. The lowest BCUT2D eigenvalue weighted by molar-refractivity contribution is -0.136. The van der Waals surface area contributed by atoms with Crippen molar-refractivity contribution in [1.29, 1.82) is 0 Å². The average molecular weight is 444 g/mol. The minimum absolute atomic E-state index is 0.0237. The molecule has 8 nitrogen and oxygen atoms in total. The van der Waals surface area contributed by atoms with Crippen LogP contribution in [0.2, 0.25) is 0 Å². The van der Waals surface area contributed by atoms with Gasteiger partial charge >= 0.3 is 0 Å². The number of nitrogens with one attached hydrogen (secondary N) is 1. The fourth-order valence-electron chi connectivity index (χ4n) is 4.41. The Morgan fingerprint density at radius 3 is 2.38 bits per heavy atom. The molecule has 1 fully saturated rings. The summed E-state index contributed by atoms with van der Waals surface area (Å²) >= 11 is 0. The zero-order valence-electron chi connectivity index (χ0n) is 19.2. The van der Waals surface area contributed by atoms with Crippen molar-refractivity contribution in [1.82, 2.24) is 15.1 Å². The van der Waals surface area contributed by atoms with E-state index in [0.29, 0.717) is 50.1 Å². The Labute approximate surface area is 189 Å². The molecule has 2 aliphatic heterocycles. The van der Waals surface area contributed by atoms with Gasteiger partial charge in [0.2, 0.25) is 5.91 Å². The standard InChI is InChI=1S/C24H33N3O5/c1-4-16(5-2)22(29)26-12-9-18(10-13-26)25-21(28)17-7-8-19-20(15-17)24(31)27(23(19)30)11-6-14-32-3/h7-8,15-16,18H,4-6,9-14H2,1-3H3,(H,25,28). The SMILES string of the molecule is CCC(CC)C(=O)N1CCC(NC(=O)c2ccc3c(c2)C(=O)N(CCCOC)C3=O)CC1. The summed E-state index contributed by atoms with van der Waals surface area (Å²) in [5.41, 5.74) is 0.960. The third kappa shape index (κ3) is 5.01. The second-order valence-corrected chi connectivity index (χ2v) is 8.46. The largest absolute Gasteiger partial charge is 0.385 e. The average Bonchev–Trinajstić information content (AvgIpc) is 3.04. The van der Waals surface area contributed by atoms with E-state index >= 15 is 0 Å². The van der Waals surface area contributed by atoms with Crippen molar-refractivity contribution in [2.75, 3.05) is 33.4 Å². The van der Waals surface area contributed by atoms with Crippen molar-refractivity contribution in [2.24, 2.45) is 5.92 Å². The number of carbonyl (C=O) groups excluding carboxylic acids is 4. The smallest absolute Gasteiger partial charge is 0.261 e. The molecule has 0 aliphatic carbocycles. The molecule has 0 aromatic heterocycles. The summed E-state index contributed by atoms with van der Waals surface area (Å²) in [6, 6.07) is 4.62. The van der Waals surface area contributed by atoms with Gasteiger partial charge in [-0.05, 0) is 50.3 Å². The Kier molecular flexibility index (Phi) is 8.01. The molecule has 2 aliphatic rings. The van der Waals surface area contributed by atoms with Gasteiger partial charge in [-0.1, -0.05) is 13.8 Å². The van der Waals surface area contributed by atoms with Gasteiger partial charge in [0.1, 0.15) is 0 Å². The van der Waals surface area contributed by atoms with E-state index in [4.69, 9.17) is 4.74 Å². The molecule has 32 heavy (non-hydrogen) atoms. The van der Waals surface area contributed by atoms with Crippen LogP contribution in [0.4, 0.5) is 0 Å². The molecule has 1 aromatic rings. The molecule has 2 heterocycles. The summed E-state index contributed by atoms with van der Waals surface area (Å²) in [6.07, 6.45) is 3.65. The topological polar surface area (TPSA) is 96.0 Å². The molecule has 3 rings (SSSR count). The van der Waals surface area contributed by atoms with Gasteiger partial charge in [-0.3, -0.25) is 24.1 Å². The van der Waals surface area contributed by atoms with Crippen LogP contribution in [0.5, 0.6) is 0 Å². The van der Waals surface area contributed by atoms with Crippen molar-refractivity contribution in [3.63, 3.8) is 0 Å². The number of carbonyl (C=O) groups is 4. The second kappa shape index (κ2) is 10.7. The number of piperidine rings is 1. The van der Waals surface area contributed by atoms with Crippen LogP contribution in [0.3, 0.4) is 0 Å². The van der Waals surface area contributed by atoms with E-state index in [0.717, 1.165) is 12.8 Å². The van der Waals surface area contributed by atoms with E-state index in [2.05, 4.69) is 5.32 Å². The minimum Gasteiger partial charge on any atom is -0.385 e. The molecule has 0 atom stereocenters. The van der Waals surface area contributed by atoms with Crippen molar-refractivity contribution in [3.8, 4) is 0 Å². The van der Waals surface area contributed by atoms with E-state index in [1.54, 1.807) is 19.2 Å². The highest BCUT2D eigenvalue weighted by atomic mass is 16.5. The van der Waals surface area contributed by atoms with E-state index in [-0.39, 0.29) is 47.7 Å². The van der Waals surface area contributed by atoms with Gasteiger partial charge in [0, 0.05) is 50.9 Å². The lowest BCUT2D eigenvalue weighted by Gasteiger charge is -2.34. The number of likely N-dealkylation sites (tertiary alicyclic amines) is 1. The van der Waals surface area contributed by atoms with E-state index < -0.39 is 0 Å². The predicted molar refractivity (Wildman–Crippen MR) is 119 cm³/mol. The zero-order valence-corrected chi connectivity index (χ0v) is 19.2. The van der Waals surface area contributed by atoms with Gasteiger partial charge in [-0.2, -0.15) is 0 Å². The van der Waals surface area contributed by atoms with E-state index in [1.165, 1.54) is 11.0 Å². The Balaban J connectivity index is 1.58. The van der Waals surface area contributed by atoms with Gasteiger partial charge in [0.15, 0.2) is 0 Å². The number of rotatable bonds is 9. The summed E-state index contributed by atoms with van der Waals surface area (Å²) in [5.74, 6) is -0.694. The number of hydrogen-bond acceptors (Lipinski definition) is 5. The highest BCUT2D eigenvalue weighted by Crippen LogP contribution is 2.25. The molecule has 1 aromatic carbocycles. The Morgan fingerprint density at radius 2 is 1.75 bits per heavy atom. The van der Waals surface area contributed by atoms with Crippen LogP contribution in [0.1, 0.15) is 77.0 Å². The van der Waals surface area contributed by atoms with Crippen LogP contribution in [-0.4, -0.2) is 72.8 Å². The zero-order chi connectivity index (χ0) is 23.3.